The van der Waals surface area contributed by atoms with Gasteiger partial charge >= 0.3 is 0 Å². The molecule has 3 fully saturated rings. The number of pyridine rings is 1. The van der Waals surface area contributed by atoms with E-state index in [0.29, 0.717) is 12.1 Å². The first-order chi connectivity index (χ1) is 12.3. The van der Waals surface area contributed by atoms with Gasteiger partial charge in [-0.2, -0.15) is 0 Å². The highest BCUT2D eigenvalue weighted by Gasteiger charge is 2.39. The number of rotatable bonds is 3. The Bertz CT molecular complexity index is 872. The number of fused-ring (bicyclic) bond motifs is 4. The summed E-state index contributed by atoms with van der Waals surface area (Å²) < 4.78 is 0. The second-order valence-electron chi connectivity index (χ2n) is 7.50. The molecule has 2 aromatic heterocycles. The van der Waals surface area contributed by atoms with Gasteiger partial charge in [-0.15, -0.1) is 0 Å². The largest absolute Gasteiger partial charge is 0.365 e. The quantitative estimate of drug-likeness (QED) is 0.758. The lowest BCUT2D eigenvalue weighted by molar-refractivity contribution is 0.0457. The Kier molecular flexibility index (Phi) is 3.52. The molecule has 0 radical (unpaired) electrons. The van der Waals surface area contributed by atoms with Crippen LogP contribution in [0.25, 0.3) is 22.0 Å². The first-order valence-electron chi connectivity index (χ1n) is 9.32. The highest BCUT2D eigenvalue weighted by molar-refractivity contribution is 5.84. The summed E-state index contributed by atoms with van der Waals surface area (Å²) >= 11 is 0. The fourth-order valence-corrected chi connectivity index (χ4v) is 4.60. The Morgan fingerprint density at radius 1 is 1.08 bits per heavy atom. The number of benzene rings is 1. The van der Waals surface area contributed by atoms with Crippen molar-refractivity contribution in [3.05, 3.63) is 48.8 Å². The first-order valence-corrected chi connectivity index (χ1v) is 9.32. The average molecular weight is 332 g/mol. The molecule has 0 amide bonds. The lowest BCUT2D eigenvalue weighted by atomic mass is 9.79. The predicted octanol–water partition coefficient (Wildman–Crippen LogP) is 4.12. The molecule has 4 nitrogen and oxygen atoms in total. The minimum atomic E-state index is 0.525. The summed E-state index contributed by atoms with van der Waals surface area (Å²) in [5, 5.41) is 4.95. The normalized spacial score (nSPS) is 28.4. The number of H-pyrrole nitrogens is 1. The van der Waals surface area contributed by atoms with Crippen molar-refractivity contribution in [3.8, 4) is 11.1 Å². The van der Waals surface area contributed by atoms with Gasteiger partial charge in [0.05, 0.1) is 0 Å². The molecule has 3 saturated heterocycles. The van der Waals surface area contributed by atoms with Crippen molar-refractivity contribution in [2.24, 2.45) is 5.92 Å². The van der Waals surface area contributed by atoms with Gasteiger partial charge in [-0.05, 0) is 80.1 Å². The van der Waals surface area contributed by atoms with Crippen LogP contribution >= 0.6 is 0 Å². The summed E-state index contributed by atoms with van der Waals surface area (Å²) in [6.45, 7) is 4.87. The van der Waals surface area contributed by atoms with Crippen molar-refractivity contribution in [2.45, 2.75) is 31.8 Å². The van der Waals surface area contributed by atoms with Crippen LogP contribution in [0.2, 0.25) is 0 Å². The Morgan fingerprint density at radius 3 is 2.68 bits per heavy atom. The summed E-state index contributed by atoms with van der Waals surface area (Å²) in [5.74, 6) is 1.79. The highest BCUT2D eigenvalue weighted by Crippen LogP contribution is 2.34. The summed E-state index contributed by atoms with van der Waals surface area (Å²) in [5.41, 5.74) is 3.55. The van der Waals surface area contributed by atoms with Crippen molar-refractivity contribution in [3.63, 3.8) is 0 Å². The van der Waals surface area contributed by atoms with Crippen molar-refractivity contribution in [2.75, 3.05) is 18.4 Å². The van der Waals surface area contributed by atoms with Crippen LogP contribution in [0.4, 0.5) is 5.82 Å². The minimum Gasteiger partial charge on any atom is -0.365 e. The molecule has 0 spiro atoms. The summed E-state index contributed by atoms with van der Waals surface area (Å²) in [7, 11) is 0. The van der Waals surface area contributed by atoms with Gasteiger partial charge in [0.1, 0.15) is 5.82 Å². The van der Waals surface area contributed by atoms with Crippen molar-refractivity contribution in [1.82, 2.24) is 14.9 Å². The fraction of sp³-hybridized carbons (Fsp3) is 0.381. The maximum atomic E-state index is 4.70. The molecule has 0 aliphatic carbocycles. The summed E-state index contributed by atoms with van der Waals surface area (Å²) in [6, 6.07) is 14.0. The van der Waals surface area contributed by atoms with E-state index in [1.54, 1.807) is 0 Å². The van der Waals surface area contributed by atoms with Crippen molar-refractivity contribution >= 4 is 16.7 Å². The number of aromatic nitrogens is 2. The van der Waals surface area contributed by atoms with E-state index in [1.165, 1.54) is 42.4 Å². The molecule has 128 valence electrons. The molecule has 2 atom stereocenters. The molecule has 3 aliphatic rings. The highest BCUT2D eigenvalue weighted by atomic mass is 15.2. The second-order valence-corrected chi connectivity index (χ2v) is 7.50. The molecule has 4 heteroatoms. The van der Waals surface area contributed by atoms with Gasteiger partial charge in [-0.25, -0.2) is 4.98 Å². The minimum absolute atomic E-state index is 0.525. The van der Waals surface area contributed by atoms with Crippen LogP contribution in [-0.2, 0) is 0 Å². The molecular formula is C21H24N4. The number of piperidine rings is 3. The van der Waals surface area contributed by atoms with Crippen molar-refractivity contribution < 1.29 is 0 Å². The Morgan fingerprint density at radius 2 is 1.92 bits per heavy atom. The van der Waals surface area contributed by atoms with Gasteiger partial charge in [0.25, 0.3) is 0 Å². The number of aromatic amines is 1. The van der Waals surface area contributed by atoms with Crippen LogP contribution in [0.1, 0.15) is 19.8 Å². The number of nitrogens with one attached hydrogen (secondary N) is 2. The zero-order chi connectivity index (χ0) is 16.8. The van der Waals surface area contributed by atoms with Gasteiger partial charge in [-0.1, -0.05) is 6.07 Å². The Balaban J connectivity index is 1.36. The standard InChI is InChI=1S/C21H24N4/c1-14-21(15-7-10-25(14)11-8-15)24-20-5-3-18(13-23-20)16-2-4-19-17(12-16)6-9-22-19/h2-6,9,12-15,21-22H,7-8,10-11H2,1H3,(H,23,24). The van der Waals surface area contributed by atoms with Gasteiger partial charge in [0.2, 0.25) is 0 Å². The molecule has 5 heterocycles. The smallest absolute Gasteiger partial charge is 0.126 e. The van der Waals surface area contributed by atoms with E-state index in [-0.39, 0.29) is 0 Å². The topological polar surface area (TPSA) is 44.0 Å². The van der Waals surface area contributed by atoms with Crippen LogP contribution in [0, 0.1) is 5.92 Å². The molecule has 1 aromatic carbocycles. The molecule has 25 heavy (non-hydrogen) atoms. The van der Waals surface area contributed by atoms with E-state index in [0.717, 1.165) is 17.3 Å². The lowest BCUT2D eigenvalue weighted by Gasteiger charge is -2.50. The lowest BCUT2D eigenvalue weighted by Crippen LogP contribution is -2.59. The SMILES string of the molecule is CC1C(Nc2ccc(-c3ccc4[nH]ccc4c3)cn2)C2CCN1CC2. The van der Waals surface area contributed by atoms with E-state index in [2.05, 4.69) is 58.5 Å². The molecule has 2 bridgehead atoms. The van der Waals surface area contributed by atoms with Gasteiger partial charge in [0, 0.05) is 35.6 Å². The molecule has 3 aliphatic heterocycles. The molecule has 2 N–H and O–H groups in total. The number of nitrogens with zero attached hydrogens (tertiary/aromatic N) is 2. The third-order valence-corrected chi connectivity index (χ3v) is 6.14. The number of anilines is 1. The van der Waals surface area contributed by atoms with Gasteiger partial charge in [-0.3, -0.25) is 4.90 Å². The maximum Gasteiger partial charge on any atom is 0.126 e. The molecule has 0 saturated carbocycles. The molecule has 3 aromatic rings. The van der Waals surface area contributed by atoms with Crippen LogP contribution in [-0.4, -0.2) is 40.0 Å². The van der Waals surface area contributed by atoms with E-state index in [9.17, 15) is 0 Å². The second kappa shape index (κ2) is 5.88. The fourth-order valence-electron chi connectivity index (χ4n) is 4.60. The molecule has 6 rings (SSSR count). The van der Waals surface area contributed by atoms with E-state index in [1.807, 2.05) is 12.4 Å². The van der Waals surface area contributed by atoms with Crippen LogP contribution in [0.15, 0.2) is 48.8 Å². The molecule has 2 unspecified atom stereocenters. The van der Waals surface area contributed by atoms with E-state index >= 15 is 0 Å². The third kappa shape index (κ3) is 2.61. The third-order valence-electron chi connectivity index (χ3n) is 6.14. The van der Waals surface area contributed by atoms with Crippen LogP contribution < -0.4 is 5.32 Å². The monoisotopic (exact) mass is 332 g/mol. The predicted molar refractivity (Wildman–Crippen MR) is 103 cm³/mol. The first kappa shape index (κ1) is 15.0. The van der Waals surface area contributed by atoms with E-state index in [4.69, 9.17) is 4.98 Å². The van der Waals surface area contributed by atoms with Crippen LogP contribution in [0.5, 0.6) is 0 Å². The summed E-state index contributed by atoms with van der Waals surface area (Å²) in [6.07, 6.45) is 6.60. The number of hydrogen-bond donors (Lipinski definition) is 2. The summed E-state index contributed by atoms with van der Waals surface area (Å²) in [4.78, 5) is 10.5. The van der Waals surface area contributed by atoms with Crippen LogP contribution in [0.3, 0.4) is 0 Å². The number of hydrogen-bond acceptors (Lipinski definition) is 3. The Hall–Kier alpha value is -2.33. The zero-order valence-corrected chi connectivity index (χ0v) is 14.6. The zero-order valence-electron chi connectivity index (χ0n) is 14.6. The maximum absolute atomic E-state index is 4.70. The van der Waals surface area contributed by atoms with E-state index < -0.39 is 0 Å². The van der Waals surface area contributed by atoms with Gasteiger partial charge < -0.3 is 10.3 Å². The average Bonchev–Trinajstić information content (AvgIpc) is 3.13. The molecular weight excluding hydrogens is 308 g/mol. The Labute approximate surface area is 148 Å². The van der Waals surface area contributed by atoms with Crippen molar-refractivity contribution in [1.29, 1.82) is 0 Å². The van der Waals surface area contributed by atoms with Gasteiger partial charge in [0.15, 0.2) is 0 Å².